The molecular formula is C15H20FN. The van der Waals surface area contributed by atoms with Gasteiger partial charge >= 0.3 is 0 Å². The smallest absolute Gasteiger partial charge is 0.126 e. The van der Waals surface area contributed by atoms with E-state index < -0.39 is 0 Å². The number of hydrogen-bond acceptors (Lipinski definition) is 1. The molecule has 1 aromatic rings. The highest BCUT2D eigenvalue weighted by molar-refractivity contribution is 5.25. The Morgan fingerprint density at radius 3 is 2.82 bits per heavy atom. The van der Waals surface area contributed by atoms with Crippen molar-refractivity contribution in [3.8, 4) is 0 Å². The van der Waals surface area contributed by atoms with Crippen LogP contribution in [-0.4, -0.2) is 6.04 Å². The van der Waals surface area contributed by atoms with Crippen LogP contribution in [-0.2, 0) is 0 Å². The van der Waals surface area contributed by atoms with Gasteiger partial charge in [-0.15, -0.1) is 0 Å². The summed E-state index contributed by atoms with van der Waals surface area (Å²) in [5.41, 5.74) is 1.74. The first-order valence-corrected chi connectivity index (χ1v) is 6.34. The SMILES string of the molecule is Cc1ccc(C(C)NC2CC=CCC2)cc1F. The Hall–Kier alpha value is -1.15. The molecule has 0 spiro atoms. The molecule has 2 unspecified atom stereocenters. The molecule has 1 aliphatic rings. The van der Waals surface area contributed by atoms with Gasteiger partial charge in [0.15, 0.2) is 0 Å². The van der Waals surface area contributed by atoms with Crippen LogP contribution in [0.2, 0.25) is 0 Å². The summed E-state index contributed by atoms with van der Waals surface area (Å²) in [5, 5.41) is 3.56. The zero-order valence-corrected chi connectivity index (χ0v) is 10.5. The van der Waals surface area contributed by atoms with Gasteiger partial charge in [-0.3, -0.25) is 0 Å². The lowest BCUT2D eigenvalue weighted by atomic mass is 9.99. The molecule has 1 N–H and O–H groups in total. The third kappa shape index (κ3) is 3.16. The van der Waals surface area contributed by atoms with Crippen molar-refractivity contribution < 1.29 is 4.39 Å². The van der Waals surface area contributed by atoms with Gasteiger partial charge in [0.25, 0.3) is 0 Å². The standard InChI is InChI=1S/C15H20FN/c1-11-8-9-13(10-15(11)16)12(2)17-14-6-4-3-5-7-14/h3-4,8-10,12,14,17H,5-7H2,1-2H3. The highest BCUT2D eigenvalue weighted by Crippen LogP contribution is 2.19. The summed E-state index contributed by atoms with van der Waals surface area (Å²) in [6, 6.07) is 6.24. The average molecular weight is 233 g/mol. The van der Waals surface area contributed by atoms with Crippen LogP contribution < -0.4 is 5.32 Å². The van der Waals surface area contributed by atoms with Crippen LogP contribution in [0.3, 0.4) is 0 Å². The van der Waals surface area contributed by atoms with Gasteiger partial charge in [0.05, 0.1) is 0 Å². The Bertz CT molecular complexity index is 411. The fraction of sp³-hybridized carbons (Fsp3) is 0.467. The quantitative estimate of drug-likeness (QED) is 0.781. The van der Waals surface area contributed by atoms with E-state index in [9.17, 15) is 4.39 Å². The first-order valence-electron chi connectivity index (χ1n) is 6.34. The normalized spacial score (nSPS) is 21.5. The minimum atomic E-state index is -0.111. The van der Waals surface area contributed by atoms with Crippen molar-refractivity contribution in [1.82, 2.24) is 5.32 Å². The number of benzene rings is 1. The number of aryl methyl sites for hydroxylation is 1. The molecule has 0 saturated heterocycles. The Balaban J connectivity index is 2.01. The topological polar surface area (TPSA) is 12.0 Å². The van der Waals surface area contributed by atoms with E-state index in [-0.39, 0.29) is 11.9 Å². The summed E-state index contributed by atoms with van der Waals surface area (Å²) in [7, 11) is 0. The van der Waals surface area contributed by atoms with Gasteiger partial charge < -0.3 is 5.32 Å². The zero-order valence-electron chi connectivity index (χ0n) is 10.5. The summed E-state index contributed by atoms with van der Waals surface area (Å²) in [4.78, 5) is 0. The molecule has 92 valence electrons. The lowest BCUT2D eigenvalue weighted by Crippen LogP contribution is -2.32. The van der Waals surface area contributed by atoms with E-state index in [0.717, 1.165) is 18.4 Å². The molecule has 0 radical (unpaired) electrons. The molecule has 0 fully saturated rings. The van der Waals surface area contributed by atoms with Crippen LogP contribution in [0.15, 0.2) is 30.4 Å². The van der Waals surface area contributed by atoms with Crippen molar-refractivity contribution in [2.24, 2.45) is 0 Å². The summed E-state index contributed by atoms with van der Waals surface area (Å²) in [6.45, 7) is 3.89. The molecule has 0 aliphatic heterocycles. The fourth-order valence-electron chi connectivity index (χ4n) is 2.27. The first-order chi connectivity index (χ1) is 8.16. The first kappa shape index (κ1) is 12.3. The second kappa shape index (κ2) is 5.46. The third-order valence-corrected chi connectivity index (χ3v) is 3.45. The monoisotopic (exact) mass is 233 g/mol. The second-order valence-corrected chi connectivity index (χ2v) is 4.88. The van der Waals surface area contributed by atoms with E-state index in [0.29, 0.717) is 11.6 Å². The Kier molecular flexibility index (Phi) is 3.95. The average Bonchev–Trinajstić information content (AvgIpc) is 2.34. The molecule has 1 aromatic carbocycles. The van der Waals surface area contributed by atoms with Gasteiger partial charge in [0.2, 0.25) is 0 Å². The van der Waals surface area contributed by atoms with E-state index in [1.165, 1.54) is 6.42 Å². The van der Waals surface area contributed by atoms with E-state index in [4.69, 9.17) is 0 Å². The third-order valence-electron chi connectivity index (χ3n) is 3.45. The van der Waals surface area contributed by atoms with Crippen LogP contribution in [0.5, 0.6) is 0 Å². The minimum Gasteiger partial charge on any atom is -0.307 e. The van der Waals surface area contributed by atoms with Crippen molar-refractivity contribution in [1.29, 1.82) is 0 Å². The predicted octanol–water partition coefficient (Wildman–Crippen LogP) is 3.89. The van der Waals surface area contributed by atoms with Gasteiger partial charge in [0, 0.05) is 12.1 Å². The zero-order chi connectivity index (χ0) is 12.3. The maximum atomic E-state index is 13.5. The highest BCUT2D eigenvalue weighted by atomic mass is 19.1. The minimum absolute atomic E-state index is 0.111. The highest BCUT2D eigenvalue weighted by Gasteiger charge is 2.14. The molecule has 2 atom stereocenters. The molecule has 0 saturated carbocycles. The van der Waals surface area contributed by atoms with Crippen molar-refractivity contribution in [2.45, 2.75) is 45.2 Å². The molecule has 1 aliphatic carbocycles. The molecule has 17 heavy (non-hydrogen) atoms. The summed E-state index contributed by atoms with van der Waals surface area (Å²) in [6.07, 6.45) is 7.86. The predicted molar refractivity (Wildman–Crippen MR) is 69.5 cm³/mol. The van der Waals surface area contributed by atoms with Gasteiger partial charge in [-0.05, 0) is 50.3 Å². The van der Waals surface area contributed by atoms with Crippen LogP contribution in [0.4, 0.5) is 4.39 Å². The summed E-state index contributed by atoms with van der Waals surface area (Å²) < 4.78 is 13.5. The molecular weight excluding hydrogens is 213 g/mol. The molecule has 2 heteroatoms. The Morgan fingerprint density at radius 2 is 2.18 bits per heavy atom. The van der Waals surface area contributed by atoms with E-state index in [1.807, 2.05) is 12.1 Å². The molecule has 1 nitrogen and oxygen atoms in total. The van der Waals surface area contributed by atoms with E-state index in [1.54, 1.807) is 13.0 Å². The number of allylic oxidation sites excluding steroid dienone is 1. The van der Waals surface area contributed by atoms with Gasteiger partial charge in [-0.2, -0.15) is 0 Å². The number of rotatable bonds is 3. The maximum absolute atomic E-state index is 13.5. The molecule has 0 bridgehead atoms. The van der Waals surface area contributed by atoms with E-state index >= 15 is 0 Å². The van der Waals surface area contributed by atoms with Crippen LogP contribution in [0.1, 0.15) is 43.4 Å². The lowest BCUT2D eigenvalue weighted by Gasteiger charge is -2.24. The van der Waals surface area contributed by atoms with Gasteiger partial charge in [-0.25, -0.2) is 4.39 Å². The van der Waals surface area contributed by atoms with Crippen molar-refractivity contribution in [3.05, 3.63) is 47.3 Å². The van der Waals surface area contributed by atoms with Crippen LogP contribution in [0, 0.1) is 12.7 Å². The van der Waals surface area contributed by atoms with Gasteiger partial charge in [-0.1, -0.05) is 24.3 Å². The second-order valence-electron chi connectivity index (χ2n) is 4.88. The molecule has 0 amide bonds. The fourth-order valence-corrected chi connectivity index (χ4v) is 2.27. The number of hydrogen-bond donors (Lipinski definition) is 1. The molecule has 0 heterocycles. The largest absolute Gasteiger partial charge is 0.307 e. The maximum Gasteiger partial charge on any atom is 0.126 e. The van der Waals surface area contributed by atoms with Crippen LogP contribution in [0.25, 0.3) is 0 Å². The number of halogens is 1. The van der Waals surface area contributed by atoms with Crippen molar-refractivity contribution in [2.75, 3.05) is 0 Å². The van der Waals surface area contributed by atoms with Gasteiger partial charge in [0.1, 0.15) is 5.82 Å². The molecule has 2 rings (SSSR count). The summed E-state index contributed by atoms with van der Waals surface area (Å²) in [5.74, 6) is -0.111. The lowest BCUT2D eigenvalue weighted by molar-refractivity contribution is 0.425. The van der Waals surface area contributed by atoms with E-state index in [2.05, 4.69) is 24.4 Å². The summed E-state index contributed by atoms with van der Waals surface area (Å²) >= 11 is 0. The Labute approximate surface area is 103 Å². The molecule has 0 aromatic heterocycles. The van der Waals surface area contributed by atoms with Crippen molar-refractivity contribution in [3.63, 3.8) is 0 Å². The number of nitrogens with one attached hydrogen (secondary N) is 1. The Morgan fingerprint density at radius 1 is 1.35 bits per heavy atom. The van der Waals surface area contributed by atoms with Crippen LogP contribution >= 0.6 is 0 Å². The van der Waals surface area contributed by atoms with Crippen molar-refractivity contribution >= 4 is 0 Å².